The molecule has 1 unspecified atom stereocenters. The minimum Gasteiger partial charge on any atom is -0.508 e. The number of hydrogen-bond acceptors (Lipinski definition) is 5. The fourth-order valence-electron chi connectivity index (χ4n) is 2.37. The molecular formula is C14H17N3O2. The minimum atomic E-state index is 0.267. The van der Waals surface area contributed by atoms with E-state index in [1.165, 1.54) is 0 Å². The molecule has 2 heterocycles. The van der Waals surface area contributed by atoms with Crippen molar-refractivity contribution < 1.29 is 9.63 Å². The van der Waals surface area contributed by atoms with Gasteiger partial charge in [-0.25, -0.2) is 0 Å². The van der Waals surface area contributed by atoms with E-state index in [0.717, 1.165) is 37.3 Å². The first-order chi connectivity index (χ1) is 9.31. The van der Waals surface area contributed by atoms with Crippen molar-refractivity contribution in [3.63, 3.8) is 0 Å². The van der Waals surface area contributed by atoms with Gasteiger partial charge < -0.3 is 14.9 Å². The molecule has 3 rings (SSSR count). The molecule has 1 aliphatic heterocycles. The van der Waals surface area contributed by atoms with Crippen LogP contribution in [-0.4, -0.2) is 28.3 Å². The molecule has 2 aromatic rings. The number of hydrogen-bond donors (Lipinski definition) is 2. The van der Waals surface area contributed by atoms with Crippen LogP contribution in [-0.2, 0) is 6.42 Å². The summed E-state index contributed by atoms with van der Waals surface area (Å²) in [5, 5.41) is 16.7. The zero-order valence-electron chi connectivity index (χ0n) is 10.7. The Morgan fingerprint density at radius 3 is 2.89 bits per heavy atom. The number of piperidine rings is 1. The Hall–Kier alpha value is -1.88. The number of phenolic OH excluding ortho intramolecular Hbond substituents is 1. The van der Waals surface area contributed by atoms with Gasteiger partial charge in [0, 0.05) is 12.5 Å². The van der Waals surface area contributed by atoms with Gasteiger partial charge in [-0.2, -0.15) is 4.98 Å². The largest absolute Gasteiger partial charge is 0.508 e. The molecule has 0 radical (unpaired) electrons. The van der Waals surface area contributed by atoms with E-state index in [4.69, 9.17) is 4.52 Å². The van der Waals surface area contributed by atoms with E-state index in [1.807, 2.05) is 12.1 Å². The van der Waals surface area contributed by atoms with E-state index in [2.05, 4.69) is 15.5 Å². The maximum atomic E-state index is 9.24. The molecule has 1 fully saturated rings. The van der Waals surface area contributed by atoms with Crippen molar-refractivity contribution in [1.29, 1.82) is 0 Å². The van der Waals surface area contributed by atoms with Crippen molar-refractivity contribution in [2.75, 3.05) is 13.1 Å². The van der Waals surface area contributed by atoms with Crippen LogP contribution < -0.4 is 5.32 Å². The van der Waals surface area contributed by atoms with Crippen LogP contribution in [0.3, 0.4) is 0 Å². The second-order valence-corrected chi connectivity index (χ2v) is 4.93. The lowest BCUT2D eigenvalue weighted by Gasteiger charge is -2.19. The van der Waals surface area contributed by atoms with Gasteiger partial charge in [-0.05, 0) is 37.1 Å². The highest BCUT2D eigenvalue weighted by Crippen LogP contribution is 2.21. The number of aromatic nitrogens is 2. The number of nitrogens with zero attached hydrogens (tertiary/aromatic N) is 2. The summed E-state index contributed by atoms with van der Waals surface area (Å²) in [4.78, 5) is 4.47. The summed E-state index contributed by atoms with van der Waals surface area (Å²) in [6, 6.07) is 7.05. The molecule has 0 bridgehead atoms. The van der Waals surface area contributed by atoms with Crippen LogP contribution in [0, 0.1) is 0 Å². The van der Waals surface area contributed by atoms with Gasteiger partial charge in [0.25, 0.3) is 0 Å². The van der Waals surface area contributed by atoms with E-state index in [0.29, 0.717) is 18.2 Å². The lowest BCUT2D eigenvalue weighted by molar-refractivity contribution is 0.366. The highest BCUT2D eigenvalue weighted by Gasteiger charge is 2.20. The van der Waals surface area contributed by atoms with Crippen LogP contribution in [0.15, 0.2) is 28.8 Å². The highest BCUT2D eigenvalue weighted by atomic mass is 16.5. The third kappa shape index (κ3) is 2.93. The van der Waals surface area contributed by atoms with Crippen LogP contribution in [0.2, 0.25) is 0 Å². The monoisotopic (exact) mass is 259 g/mol. The average molecular weight is 259 g/mol. The Balaban J connectivity index is 1.68. The third-order valence-corrected chi connectivity index (χ3v) is 3.44. The molecule has 5 heteroatoms. The van der Waals surface area contributed by atoms with Crippen LogP contribution in [0.1, 0.15) is 36.0 Å². The number of rotatable bonds is 3. The summed E-state index contributed by atoms with van der Waals surface area (Å²) < 4.78 is 5.30. The summed E-state index contributed by atoms with van der Waals surface area (Å²) >= 11 is 0. The molecule has 1 saturated heterocycles. The molecule has 1 atom stereocenters. The Morgan fingerprint density at radius 1 is 1.32 bits per heavy atom. The average Bonchev–Trinajstić information content (AvgIpc) is 2.91. The van der Waals surface area contributed by atoms with Gasteiger partial charge in [0.2, 0.25) is 5.89 Å². The molecular weight excluding hydrogens is 242 g/mol. The predicted molar refractivity (Wildman–Crippen MR) is 70.1 cm³/mol. The van der Waals surface area contributed by atoms with E-state index in [1.54, 1.807) is 12.1 Å². The maximum Gasteiger partial charge on any atom is 0.231 e. The summed E-state index contributed by atoms with van der Waals surface area (Å²) in [6.07, 6.45) is 2.88. The van der Waals surface area contributed by atoms with Crippen molar-refractivity contribution in [3.8, 4) is 5.75 Å². The van der Waals surface area contributed by atoms with Gasteiger partial charge in [0.15, 0.2) is 5.82 Å². The van der Waals surface area contributed by atoms with E-state index in [9.17, 15) is 5.11 Å². The first-order valence-electron chi connectivity index (χ1n) is 6.62. The van der Waals surface area contributed by atoms with E-state index in [-0.39, 0.29) is 5.75 Å². The van der Waals surface area contributed by atoms with Crippen LogP contribution in [0.5, 0.6) is 5.75 Å². The highest BCUT2D eigenvalue weighted by molar-refractivity contribution is 5.27. The summed E-state index contributed by atoms with van der Waals surface area (Å²) in [5.41, 5.74) is 1.05. The lowest BCUT2D eigenvalue weighted by atomic mass is 9.99. The van der Waals surface area contributed by atoms with Crippen LogP contribution >= 0.6 is 0 Å². The second-order valence-electron chi connectivity index (χ2n) is 4.93. The Labute approximate surface area is 111 Å². The van der Waals surface area contributed by atoms with Crippen molar-refractivity contribution >= 4 is 0 Å². The first kappa shape index (κ1) is 12.2. The minimum absolute atomic E-state index is 0.267. The fourth-order valence-corrected chi connectivity index (χ4v) is 2.37. The number of aromatic hydroxyl groups is 1. The normalized spacial score (nSPS) is 19.5. The van der Waals surface area contributed by atoms with Crippen molar-refractivity contribution in [2.24, 2.45) is 0 Å². The first-order valence-corrected chi connectivity index (χ1v) is 6.62. The van der Waals surface area contributed by atoms with Gasteiger partial charge in [0.1, 0.15) is 5.75 Å². The SMILES string of the molecule is Oc1ccc(Cc2nc(C3CCCNC3)no2)cc1. The summed E-state index contributed by atoms with van der Waals surface area (Å²) in [7, 11) is 0. The summed E-state index contributed by atoms with van der Waals surface area (Å²) in [5.74, 6) is 2.07. The Bertz CT molecular complexity index is 530. The van der Waals surface area contributed by atoms with E-state index < -0.39 is 0 Å². The van der Waals surface area contributed by atoms with Crippen molar-refractivity contribution in [3.05, 3.63) is 41.5 Å². The van der Waals surface area contributed by atoms with Gasteiger partial charge in [-0.3, -0.25) is 0 Å². The van der Waals surface area contributed by atoms with E-state index >= 15 is 0 Å². The quantitative estimate of drug-likeness (QED) is 0.880. The molecule has 100 valence electrons. The van der Waals surface area contributed by atoms with Gasteiger partial charge in [-0.1, -0.05) is 17.3 Å². The standard InChI is InChI=1S/C14H17N3O2/c18-12-5-3-10(4-6-12)8-13-16-14(17-19-13)11-2-1-7-15-9-11/h3-6,11,15,18H,1-2,7-9H2. The topological polar surface area (TPSA) is 71.2 Å². The predicted octanol–water partition coefficient (Wildman–Crippen LogP) is 1.83. The molecule has 0 spiro atoms. The molecule has 1 aromatic heterocycles. The van der Waals surface area contributed by atoms with Crippen molar-refractivity contribution in [1.82, 2.24) is 15.5 Å². The second kappa shape index (κ2) is 5.40. The number of nitrogens with one attached hydrogen (secondary N) is 1. The fraction of sp³-hybridized carbons (Fsp3) is 0.429. The third-order valence-electron chi connectivity index (χ3n) is 3.44. The molecule has 0 aliphatic carbocycles. The molecule has 1 aromatic carbocycles. The molecule has 0 amide bonds. The maximum absolute atomic E-state index is 9.24. The van der Waals surface area contributed by atoms with Crippen LogP contribution in [0.4, 0.5) is 0 Å². The van der Waals surface area contributed by atoms with Gasteiger partial charge >= 0.3 is 0 Å². The number of benzene rings is 1. The molecule has 1 aliphatic rings. The van der Waals surface area contributed by atoms with Gasteiger partial charge in [-0.15, -0.1) is 0 Å². The molecule has 5 nitrogen and oxygen atoms in total. The van der Waals surface area contributed by atoms with Crippen LogP contribution in [0.25, 0.3) is 0 Å². The zero-order valence-corrected chi connectivity index (χ0v) is 10.7. The molecule has 0 saturated carbocycles. The Kier molecular flexibility index (Phi) is 3.46. The smallest absolute Gasteiger partial charge is 0.231 e. The Morgan fingerprint density at radius 2 is 2.16 bits per heavy atom. The number of phenols is 1. The van der Waals surface area contributed by atoms with Crippen molar-refractivity contribution in [2.45, 2.75) is 25.2 Å². The van der Waals surface area contributed by atoms with Gasteiger partial charge in [0.05, 0.1) is 6.42 Å². The molecule has 19 heavy (non-hydrogen) atoms. The zero-order chi connectivity index (χ0) is 13.1. The lowest BCUT2D eigenvalue weighted by Crippen LogP contribution is -2.28. The molecule has 2 N–H and O–H groups in total. The summed E-state index contributed by atoms with van der Waals surface area (Å²) in [6.45, 7) is 2.01.